The van der Waals surface area contributed by atoms with E-state index in [1.807, 2.05) is 23.9 Å². The zero-order chi connectivity index (χ0) is 31.0. The van der Waals surface area contributed by atoms with E-state index in [1.54, 1.807) is 35.4 Å². The zero-order valence-corrected chi connectivity index (χ0v) is 24.2. The maximum atomic E-state index is 16.5. The van der Waals surface area contributed by atoms with Crippen LogP contribution >= 0.6 is 11.6 Å². The first-order chi connectivity index (χ1) is 21.3. The summed E-state index contributed by atoms with van der Waals surface area (Å²) in [4.78, 5) is 32.5. The number of carbonyl (C=O) groups is 1. The third-order valence-corrected chi connectivity index (χ3v) is 8.04. The van der Waals surface area contributed by atoms with Gasteiger partial charge in [-0.2, -0.15) is 15.2 Å². The molecule has 14 heteroatoms. The standard InChI is InChI=1S/C30H25ClF2N8O3/c1-39-11-10-35-22(39)8-14-44-29-37-27-20(28(38-29)40-12-13-41(30(42)43)18(16-40)7-9-34)15-36-26(25(27)33)19-4-2-3-17-5-6-21(32)24(31)23(17)19/h2-6,10-11,15,18H,7-8,12-14,16H2,1H3,(H,42,43). The number of imidazole rings is 1. The van der Waals surface area contributed by atoms with Crippen molar-refractivity contribution in [1.82, 2.24) is 29.4 Å². The minimum atomic E-state index is -1.13. The van der Waals surface area contributed by atoms with Gasteiger partial charge in [-0.25, -0.2) is 18.6 Å². The Morgan fingerprint density at radius 2 is 2.05 bits per heavy atom. The Bertz CT molecular complexity index is 1950. The van der Waals surface area contributed by atoms with Crippen molar-refractivity contribution in [2.75, 3.05) is 31.1 Å². The zero-order valence-electron chi connectivity index (χ0n) is 23.4. The van der Waals surface area contributed by atoms with Crippen molar-refractivity contribution in [2.45, 2.75) is 18.9 Å². The fraction of sp³-hybridized carbons (Fsp3) is 0.267. The summed E-state index contributed by atoms with van der Waals surface area (Å²) in [6, 6.07) is 9.16. The second-order valence-electron chi connectivity index (χ2n) is 10.3. The van der Waals surface area contributed by atoms with Crippen LogP contribution in [0.1, 0.15) is 12.2 Å². The normalized spacial score (nSPS) is 15.1. The fourth-order valence-electron chi connectivity index (χ4n) is 5.47. The third kappa shape index (κ3) is 5.28. The van der Waals surface area contributed by atoms with E-state index in [1.165, 1.54) is 17.2 Å². The number of aryl methyl sites for hydroxylation is 1. The largest absolute Gasteiger partial charge is 0.465 e. The molecule has 44 heavy (non-hydrogen) atoms. The Kier molecular flexibility index (Phi) is 7.84. The first-order valence-corrected chi connectivity index (χ1v) is 14.1. The molecule has 4 heterocycles. The van der Waals surface area contributed by atoms with Gasteiger partial charge in [0.05, 0.1) is 35.5 Å². The van der Waals surface area contributed by atoms with Crippen LogP contribution in [-0.4, -0.2) is 72.9 Å². The van der Waals surface area contributed by atoms with E-state index in [0.29, 0.717) is 17.2 Å². The van der Waals surface area contributed by atoms with Gasteiger partial charge in [-0.3, -0.25) is 4.98 Å². The van der Waals surface area contributed by atoms with Gasteiger partial charge < -0.3 is 24.2 Å². The minimum absolute atomic E-state index is 0.0337. The number of halogens is 3. The highest BCUT2D eigenvalue weighted by Gasteiger charge is 2.32. The molecule has 1 saturated heterocycles. The molecule has 0 bridgehead atoms. The topological polar surface area (TPSA) is 133 Å². The lowest BCUT2D eigenvalue weighted by atomic mass is 10.0. The number of carboxylic acid groups (broad SMARTS) is 1. The molecule has 2 aromatic carbocycles. The molecule has 6 rings (SSSR count). The molecular formula is C30H25ClF2N8O3. The van der Waals surface area contributed by atoms with Crippen molar-refractivity contribution in [3.63, 3.8) is 0 Å². The van der Waals surface area contributed by atoms with Gasteiger partial charge in [-0.05, 0) is 11.5 Å². The van der Waals surface area contributed by atoms with Crippen molar-refractivity contribution in [3.05, 3.63) is 71.4 Å². The van der Waals surface area contributed by atoms with Crippen LogP contribution in [0.15, 0.2) is 48.9 Å². The van der Waals surface area contributed by atoms with Crippen LogP contribution in [0.5, 0.6) is 6.01 Å². The summed E-state index contributed by atoms with van der Waals surface area (Å²) in [5.41, 5.74) is 0.110. The van der Waals surface area contributed by atoms with Gasteiger partial charge in [0.1, 0.15) is 28.7 Å². The first kappa shape index (κ1) is 29.0. The summed E-state index contributed by atoms with van der Waals surface area (Å²) in [7, 11) is 1.86. The maximum Gasteiger partial charge on any atom is 0.407 e. The molecule has 224 valence electrons. The Balaban J connectivity index is 1.46. The molecule has 1 aliphatic heterocycles. The van der Waals surface area contributed by atoms with E-state index >= 15 is 4.39 Å². The maximum absolute atomic E-state index is 16.5. The number of benzene rings is 2. The van der Waals surface area contributed by atoms with Gasteiger partial charge in [-0.15, -0.1) is 0 Å². The highest BCUT2D eigenvalue weighted by atomic mass is 35.5. The van der Waals surface area contributed by atoms with Crippen molar-refractivity contribution < 1.29 is 23.4 Å². The van der Waals surface area contributed by atoms with Crippen molar-refractivity contribution in [2.24, 2.45) is 7.05 Å². The quantitative estimate of drug-likeness (QED) is 0.261. The Morgan fingerprint density at radius 3 is 2.80 bits per heavy atom. The third-order valence-electron chi connectivity index (χ3n) is 7.67. The fourth-order valence-corrected chi connectivity index (χ4v) is 5.75. The van der Waals surface area contributed by atoms with Crippen LogP contribution in [0, 0.1) is 23.0 Å². The molecule has 0 radical (unpaired) electrons. The molecule has 11 nitrogen and oxygen atoms in total. The molecule has 1 unspecified atom stereocenters. The molecule has 1 amide bonds. The van der Waals surface area contributed by atoms with Gasteiger partial charge in [0.25, 0.3) is 0 Å². The molecule has 0 spiro atoms. The van der Waals surface area contributed by atoms with Gasteiger partial charge in [-0.1, -0.05) is 35.9 Å². The highest BCUT2D eigenvalue weighted by molar-refractivity contribution is 6.36. The second-order valence-corrected chi connectivity index (χ2v) is 10.6. The molecule has 3 aromatic heterocycles. The monoisotopic (exact) mass is 618 g/mol. The minimum Gasteiger partial charge on any atom is -0.465 e. The summed E-state index contributed by atoms with van der Waals surface area (Å²) >= 11 is 6.33. The van der Waals surface area contributed by atoms with Gasteiger partial charge in [0.15, 0.2) is 5.82 Å². The van der Waals surface area contributed by atoms with Crippen molar-refractivity contribution in [1.29, 1.82) is 5.26 Å². The molecule has 0 aliphatic carbocycles. The molecule has 1 aliphatic rings. The van der Waals surface area contributed by atoms with E-state index in [0.717, 1.165) is 5.82 Å². The van der Waals surface area contributed by atoms with Crippen LogP contribution in [0.3, 0.4) is 0 Å². The Labute approximate surface area is 254 Å². The summed E-state index contributed by atoms with van der Waals surface area (Å²) in [6.07, 6.45) is 4.18. The lowest BCUT2D eigenvalue weighted by Gasteiger charge is -2.39. The summed E-state index contributed by atoms with van der Waals surface area (Å²) in [5, 5.41) is 20.0. The molecule has 1 fully saturated rings. The van der Waals surface area contributed by atoms with Gasteiger partial charge >= 0.3 is 12.1 Å². The summed E-state index contributed by atoms with van der Waals surface area (Å²) < 4.78 is 38.7. The van der Waals surface area contributed by atoms with E-state index in [2.05, 4.69) is 19.9 Å². The van der Waals surface area contributed by atoms with E-state index in [-0.39, 0.29) is 71.7 Å². The van der Waals surface area contributed by atoms with Crippen LogP contribution < -0.4 is 9.64 Å². The lowest BCUT2D eigenvalue weighted by molar-refractivity contribution is 0.119. The van der Waals surface area contributed by atoms with Crippen molar-refractivity contribution in [3.8, 4) is 23.3 Å². The SMILES string of the molecule is Cn1ccnc1CCOc1nc(N2CCN(C(=O)O)C(CC#N)C2)c2cnc(-c3cccc4ccc(F)c(Cl)c34)c(F)c2n1. The molecular weight excluding hydrogens is 594 g/mol. The smallest absolute Gasteiger partial charge is 0.407 e. The molecule has 1 atom stereocenters. The number of ether oxygens (including phenoxy) is 1. The number of amides is 1. The number of aromatic nitrogens is 5. The average Bonchev–Trinajstić information content (AvgIpc) is 3.43. The predicted molar refractivity (Wildman–Crippen MR) is 159 cm³/mol. The summed E-state index contributed by atoms with van der Waals surface area (Å²) in [6.45, 7) is 0.628. The number of rotatable bonds is 7. The number of pyridine rings is 1. The Morgan fingerprint density at radius 1 is 1.20 bits per heavy atom. The number of hydrogen-bond donors (Lipinski definition) is 1. The van der Waals surface area contributed by atoms with E-state index in [9.17, 15) is 19.6 Å². The average molecular weight is 619 g/mol. The van der Waals surface area contributed by atoms with Gasteiger partial charge in [0.2, 0.25) is 0 Å². The van der Waals surface area contributed by atoms with Crippen LogP contribution in [0.4, 0.5) is 19.4 Å². The van der Waals surface area contributed by atoms with Crippen LogP contribution in [0.2, 0.25) is 5.02 Å². The van der Waals surface area contributed by atoms with Crippen LogP contribution in [0.25, 0.3) is 32.9 Å². The number of anilines is 1. The number of piperazine rings is 1. The highest BCUT2D eigenvalue weighted by Crippen LogP contribution is 2.38. The van der Waals surface area contributed by atoms with Crippen molar-refractivity contribution >= 4 is 45.2 Å². The Hall–Kier alpha value is -5.09. The van der Waals surface area contributed by atoms with Gasteiger partial charge in [0, 0.05) is 62.6 Å². The molecule has 0 saturated carbocycles. The molecule has 1 N–H and O–H groups in total. The number of nitrogens with zero attached hydrogens (tertiary/aromatic N) is 8. The molecule has 5 aromatic rings. The summed E-state index contributed by atoms with van der Waals surface area (Å²) in [5.74, 6) is -0.373. The predicted octanol–water partition coefficient (Wildman–Crippen LogP) is 5.21. The lowest BCUT2D eigenvalue weighted by Crippen LogP contribution is -2.55. The first-order valence-electron chi connectivity index (χ1n) is 13.7. The second kappa shape index (κ2) is 11.9. The van der Waals surface area contributed by atoms with E-state index in [4.69, 9.17) is 16.3 Å². The van der Waals surface area contributed by atoms with E-state index < -0.39 is 23.8 Å². The number of fused-ring (bicyclic) bond motifs is 2. The number of nitriles is 1. The number of hydrogen-bond acceptors (Lipinski definition) is 8. The van der Waals surface area contributed by atoms with Crippen LogP contribution in [-0.2, 0) is 13.5 Å².